The van der Waals surface area contributed by atoms with Crippen molar-refractivity contribution in [2.75, 3.05) is 13.1 Å². The van der Waals surface area contributed by atoms with Crippen LogP contribution >= 0.6 is 15.9 Å². The Morgan fingerprint density at radius 3 is 2.70 bits per heavy atom. The van der Waals surface area contributed by atoms with Crippen molar-refractivity contribution in [3.05, 3.63) is 70.8 Å². The minimum absolute atomic E-state index is 0.0205. The fourth-order valence-electron chi connectivity index (χ4n) is 3.48. The van der Waals surface area contributed by atoms with Crippen molar-refractivity contribution in [2.45, 2.75) is 19.4 Å². The van der Waals surface area contributed by atoms with E-state index in [1.165, 1.54) is 16.5 Å². The molecular weight excluding hydrogens is 404 g/mol. The number of benzene rings is 2. The van der Waals surface area contributed by atoms with Crippen LogP contribution in [-0.4, -0.2) is 35.0 Å². The fourth-order valence-corrected chi connectivity index (χ4v) is 3.74. The number of amides is 1. The van der Waals surface area contributed by atoms with Crippen molar-refractivity contribution in [3.63, 3.8) is 0 Å². The first kappa shape index (κ1) is 17.9. The second-order valence-electron chi connectivity index (χ2n) is 6.73. The Kier molecular flexibility index (Phi) is 5.03. The van der Waals surface area contributed by atoms with Crippen LogP contribution in [0.1, 0.15) is 18.9 Å². The van der Waals surface area contributed by atoms with E-state index in [2.05, 4.69) is 51.4 Å². The maximum atomic E-state index is 12.7. The first-order valence-corrected chi connectivity index (χ1v) is 9.87. The number of carbonyl (C=O) groups excluding carboxylic acids is 1. The Balaban J connectivity index is 1.43. The smallest absolute Gasteiger partial charge is 0.263 e. The fraction of sp³-hybridized carbons (Fsp3) is 0.227. The number of halogens is 1. The van der Waals surface area contributed by atoms with Crippen LogP contribution in [0.3, 0.4) is 0 Å². The van der Waals surface area contributed by atoms with Crippen LogP contribution in [0, 0.1) is 0 Å². The number of nitrogens with zero attached hydrogens (tertiary/aromatic N) is 1. The predicted octanol–water partition coefficient (Wildman–Crippen LogP) is 5.01. The molecule has 0 unspecified atom stereocenters. The average Bonchev–Trinajstić information content (AvgIpc) is 3.13. The van der Waals surface area contributed by atoms with Gasteiger partial charge in [0.1, 0.15) is 5.75 Å². The Morgan fingerprint density at radius 1 is 1.19 bits per heavy atom. The van der Waals surface area contributed by atoms with Gasteiger partial charge in [0.15, 0.2) is 6.10 Å². The first-order valence-electron chi connectivity index (χ1n) is 9.08. The third kappa shape index (κ3) is 3.78. The molecule has 138 valence electrons. The zero-order valence-corrected chi connectivity index (χ0v) is 16.7. The van der Waals surface area contributed by atoms with Crippen molar-refractivity contribution in [3.8, 4) is 5.75 Å². The van der Waals surface area contributed by atoms with Gasteiger partial charge in [0.05, 0.1) is 0 Å². The van der Waals surface area contributed by atoms with Gasteiger partial charge in [-0.15, -0.1) is 0 Å². The maximum Gasteiger partial charge on any atom is 0.263 e. The summed E-state index contributed by atoms with van der Waals surface area (Å²) in [6.45, 7) is 3.13. The Bertz CT molecular complexity index is 991. The molecular formula is C22H21BrN2O2. The third-order valence-corrected chi connectivity index (χ3v) is 5.46. The highest BCUT2D eigenvalue weighted by Gasteiger charge is 2.24. The molecule has 0 spiro atoms. The number of carbonyl (C=O) groups is 1. The zero-order valence-electron chi connectivity index (χ0n) is 15.1. The van der Waals surface area contributed by atoms with E-state index in [9.17, 15) is 4.79 Å². The van der Waals surface area contributed by atoms with Gasteiger partial charge in [-0.2, -0.15) is 0 Å². The highest BCUT2D eigenvalue weighted by molar-refractivity contribution is 9.10. The second kappa shape index (κ2) is 7.61. The number of aromatic amines is 1. The summed E-state index contributed by atoms with van der Waals surface area (Å²) in [5, 5.41) is 1.23. The summed E-state index contributed by atoms with van der Waals surface area (Å²) in [6, 6.07) is 15.8. The summed E-state index contributed by atoms with van der Waals surface area (Å²) >= 11 is 3.40. The standard InChI is InChI=1S/C22H21BrN2O2/c1-15(27-18-8-6-17(23)7-9-18)22(26)25-12-10-16(11-13-25)20-14-24-21-5-3-2-4-19(20)21/h2-10,14-15,24H,11-13H2,1H3/t15-/m0/s1. The van der Waals surface area contributed by atoms with E-state index in [0.717, 1.165) is 16.4 Å². The molecule has 3 aromatic rings. The Hall–Kier alpha value is -2.53. The average molecular weight is 425 g/mol. The lowest BCUT2D eigenvalue weighted by Crippen LogP contribution is -2.42. The van der Waals surface area contributed by atoms with Crippen molar-refractivity contribution in [2.24, 2.45) is 0 Å². The largest absolute Gasteiger partial charge is 0.481 e. The number of ether oxygens (including phenoxy) is 1. The molecule has 1 aliphatic heterocycles. The van der Waals surface area contributed by atoms with E-state index >= 15 is 0 Å². The normalized spacial score (nSPS) is 15.5. The molecule has 0 radical (unpaired) electrons. The van der Waals surface area contributed by atoms with Gasteiger partial charge >= 0.3 is 0 Å². The van der Waals surface area contributed by atoms with E-state index in [4.69, 9.17) is 4.74 Å². The van der Waals surface area contributed by atoms with E-state index in [1.54, 1.807) is 0 Å². The lowest BCUT2D eigenvalue weighted by Gasteiger charge is -2.29. The summed E-state index contributed by atoms with van der Waals surface area (Å²) < 4.78 is 6.79. The summed E-state index contributed by atoms with van der Waals surface area (Å²) in [6.07, 6.45) is 4.56. The molecule has 5 heteroatoms. The molecule has 1 atom stereocenters. The molecule has 1 N–H and O–H groups in total. The van der Waals surface area contributed by atoms with Crippen LogP contribution in [0.4, 0.5) is 0 Å². The highest BCUT2D eigenvalue weighted by atomic mass is 79.9. The second-order valence-corrected chi connectivity index (χ2v) is 7.64. The van der Waals surface area contributed by atoms with Gasteiger partial charge in [0.2, 0.25) is 0 Å². The molecule has 0 aliphatic carbocycles. The lowest BCUT2D eigenvalue weighted by molar-refractivity contribution is -0.137. The van der Waals surface area contributed by atoms with Gasteiger partial charge < -0.3 is 14.6 Å². The number of nitrogens with one attached hydrogen (secondary N) is 1. The number of rotatable bonds is 4. The van der Waals surface area contributed by atoms with Crippen LogP contribution in [0.25, 0.3) is 16.5 Å². The lowest BCUT2D eigenvalue weighted by atomic mass is 9.99. The Labute approximate surface area is 167 Å². The molecule has 1 aromatic heterocycles. The number of para-hydroxylation sites is 1. The van der Waals surface area contributed by atoms with E-state index in [-0.39, 0.29) is 5.91 Å². The van der Waals surface area contributed by atoms with E-state index < -0.39 is 6.10 Å². The third-order valence-electron chi connectivity index (χ3n) is 4.93. The van der Waals surface area contributed by atoms with E-state index in [1.807, 2.05) is 42.2 Å². The van der Waals surface area contributed by atoms with Crippen LogP contribution in [0.15, 0.2) is 65.3 Å². The van der Waals surface area contributed by atoms with Crippen molar-refractivity contribution in [1.29, 1.82) is 0 Å². The van der Waals surface area contributed by atoms with Gasteiger partial charge in [-0.1, -0.05) is 40.2 Å². The van der Waals surface area contributed by atoms with Gasteiger partial charge in [0, 0.05) is 40.2 Å². The zero-order chi connectivity index (χ0) is 18.8. The van der Waals surface area contributed by atoms with Crippen LogP contribution in [0.5, 0.6) is 5.75 Å². The molecule has 4 nitrogen and oxygen atoms in total. The van der Waals surface area contributed by atoms with Crippen molar-refractivity contribution in [1.82, 2.24) is 9.88 Å². The molecule has 0 bridgehead atoms. The summed E-state index contributed by atoms with van der Waals surface area (Å²) in [5.41, 5.74) is 3.67. The molecule has 2 heterocycles. The van der Waals surface area contributed by atoms with Crippen molar-refractivity contribution >= 4 is 38.3 Å². The number of hydrogen-bond donors (Lipinski definition) is 1. The molecule has 1 amide bonds. The molecule has 0 saturated heterocycles. The van der Waals surface area contributed by atoms with Crippen LogP contribution in [-0.2, 0) is 4.79 Å². The number of hydrogen-bond acceptors (Lipinski definition) is 2. The topological polar surface area (TPSA) is 45.3 Å². The van der Waals surface area contributed by atoms with Gasteiger partial charge in [-0.3, -0.25) is 4.79 Å². The monoisotopic (exact) mass is 424 g/mol. The van der Waals surface area contributed by atoms with E-state index in [0.29, 0.717) is 18.8 Å². The molecule has 0 saturated carbocycles. The Morgan fingerprint density at radius 2 is 1.96 bits per heavy atom. The number of aromatic nitrogens is 1. The number of fused-ring (bicyclic) bond motifs is 1. The predicted molar refractivity (Wildman–Crippen MR) is 112 cm³/mol. The molecule has 4 rings (SSSR count). The minimum atomic E-state index is -0.505. The summed E-state index contributed by atoms with van der Waals surface area (Å²) in [4.78, 5) is 17.9. The molecule has 1 aliphatic rings. The van der Waals surface area contributed by atoms with Gasteiger partial charge in [-0.05, 0) is 49.2 Å². The maximum absolute atomic E-state index is 12.7. The van der Waals surface area contributed by atoms with Crippen LogP contribution < -0.4 is 4.74 Å². The number of H-pyrrole nitrogens is 1. The van der Waals surface area contributed by atoms with Gasteiger partial charge in [0.25, 0.3) is 5.91 Å². The quantitative estimate of drug-likeness (QED) is 0.639. The van der Waals surface area contributed by atoms with Crippen LogP contribution in [0.2, 0.25) is 0 Å². The molecule has 0 fully saturated rings. The van der Waals surface area contributed by atoms with Gasteiger partial charge in [-0.25, -0.2) is 0 Å². The van der Waals surface area contributed by atoms with Crippen molar-refractivity contribution < 1.29 is 9.53 Å². The SMILES string of the molecule is C[C@H](Oc1ccc(Br)cc1)C(=O)N1CC=C(c2c[nH]c3ccccc23)CC1. The minimum Gasteiger partial charge on any atom is -0.481 e. The summed E-state index contributed by atoms with van der Waals surface area (Å²) in [7, 11) is 0. The first-order chi connectivity index (χ1) is 13.1. The highest BCUT2D eigenvalue weighted by Crippen LogP contribution is 2.29. The summed E-state index contributed by atoms with van der Waals surface area (Å²) in [5.74, 6) is 0.721. The molecule has 2 aromatic carbocycles. The molecule has 27 heavy (non-hydrogen) atoms.